The number of primary amides is 1. The van der Waals surface area contributed by atoms with E-state index >= 15 is 0 Å². The summed E-state index contributed by atoms with van der Waals surface area (Å²) in [4.78, 5) is 32.4. The molecule has 0 aromatic carbocycles. The van der Waals surface area contributed by atoms with Gasteiger partial charge in [0.25, 0.3) is 5.92 Å². The number of likely N-dealkylation sites (tertiary alicyclic amines) is 1. The molecule has 2 fully saturated rings. The van der Waals surface area contributed by atoms with Crippen molar-refractivity contribution in [2.75, 3.05) is 19.7 Å². The van der Waals surface area contributed by atoms with Crippen LogP contribution in [-0.2, 0) is 11.2 Å². The molecule has 172 valence electrons. The molecule has 0 bridgehead atoms. The minimum absolute atomic E-state index is 0.0227. The number of ether oxygens (including phenoxy) is 1. The van der Waals surface area contributed by atoms with Crippen LogP contribution in [0.3, 0.4) is 0 Å². The van der Waals surface area contributed by atoms with Crippen LogP contribution < -0.4 is 16.0 Å². The molecule has 9 heteroatoms. The predicted octanol–water partition coefficient (Wildman–Crippen LogP) is 2.47. The van der Waals surface area contributed by atoms with Gasteiger partial charge in [-0.05, 0) is 43.4 Å². The maximum Gasteiger partial charge on any atom is 0.257 e. The Morgan fingerprint density at radius 2 is 2.12 bits per heavy atom. The van der Waals surface area contributed by atoms with Gasteiger partial charge >= 0.3 is 0 Å². The number of aromatic nitrogens is 2. The lowest BCUT2D eigenvalue weighted by Gasteiger charge is -2.46. The van der Waals surface area contributed by atoms with Crippen LogP contribution in [0.1, 0.15) is 43.4 Å². The molecule has 2 aliphatic rings. The molecular weight excluding hydrogens is 418 g/mol. The average Bonchev–Trinajstić information content (AvgIpc) is 3.58. The third-order valence-corrected chi connectivity index (χ3v) is 6.57. The second-order valence-corrected chi connectivity index (χ2v) is 9.05. The molecule has 3 N–H and O–H groups in total. The lowest BCUT2D eigenvalue weighted by Crippen LogP contribution is -2.61. The largest absolute Gasteiger partial charge is 0.492 e. The SMILES string of the molecule is CC(Cc1ccc(OCC2CC2)cn1)(C(N)=O)N1CCC(F)(F)C(c2ccc(=O)[nH]c2)C1. The first-order chi connectivity index (χ1) is 15.2. The standard InChI is InChI=1S/C23H28F2N4O3/c1-22(21(26)31,10-17-5-6-18(12-27-17)32-14-15-2-3-15)29-9-8-23(24,25)19(13-29)16-4-7-20(30)28-11-16/h4-7,11-12,15,19H,2-3,8-10,13-14H2,1H3,(H2,26,31)(H,28,30). The van der Waals surface area contributed by atoms with Crippen molar-refractivity contribution in [1.29, 1.82) is 0 Å². The number of nitrogens with zero attached hydrogens (tertiary/aromatic N) is 2. The highest BCUT2D eigenvalue weighted by Gasteiger charge is 2.50. The summed E-state index contributed by atoms with van der Waals surface area (Å²) in [7, 11) is 0. The molecule has 1 saturated carbocycles. The second kappa shape index (κ2) is 8.61. The summed E-state index contributed by atoms with van der Waals surface area (Å²) in [6.45, 7) is 2.30. The number of H-pyrrole nitrogens is 1. The fourth-order valence-electron chi connectivity index (χ4n) is 4.15. The zero-order valence-electron chi connectivity index (χ0n) is 18.0. The number of rotatable bonds is 8. The van der Waals surface area contributed by atoms with Crippen molar-refractivity contribution in [3.05, 3.63) is 58.3 Å². The summed E-state index contributed by atoms with van der Waals surface area (Å²) in [5, 5.41) is 0. The zero-order valence-corrected chi connectivity index (χ0v) is 18.0. The summed E-state index contributed by atoms with van der Waals surface area (Å²) < 4.78 is 35.2. The quantitative estimate of drug-likeness (QED) is 0.649. The van der Waals surface area contributed by atoms with Crippen LogP contribution in [0.4, 0.5) is 8.78 Å². The van der Waals surface area contributed by atoms with Crippen LogP contribution in [0.25, 0.3) is 0 Å². The van der Waals surface area contributed by atoms with Crippen molar-refractivity contribution >= 4 is 5.91 Å². The highest BCUT2D eigenvalue weighted by atomic mass is 19.3. The molecule has 4 rings (SSSR count). The van der Waals surface area contributed by atoms with E-state index in [-0.39, 0.29) is 25.1 Å². The first-order valence-corrected chi connectivity index (χ1v) is 10.9. The molecule has 2 atom stereocenters. The maximum atomic E-state index is 14.8. The van der Waals surface area contributed by atoms with Crippen molar-refractivity contribution in [1.82, 2.24) is 14.9 Å². The Balaban J connectivity index is 1.52. The van der Waals surface area contributed by atoms with Gasteiger partial charge in [-0.2, -0.15) is 0 Å². The molecule has 0 spiro atoms. The molecule has 7 nitrogen and oxygen atoms in total. The van der Waals surface area contributed by atoms with Gasteiger partial charge in [0.15, 0.2) is 0 Å². The number of halogens is 2. The minimum Gasteiger partial charge on any atom is -0.492 e. The smallest absolute Gasteiger partial charge is 0.257 e. The fourth-order valence-corrected chi connectivity index (χ4v) is 4.15. The van der Waals surface area contributed by atoms with Crippen LogP contribution in [0, 0.1) is 5.92 Å². The van der Waals surface area contributed by atoms with Crippen molar-refractivity contribution in [3.63, 3.8) is 0 Å². The van der Waals surface area contributed by atoms with Crippen molar-refractivity contribution in [2.45, 2.75) is 50.0 Å². The number of piperidine rings is 1. The molecule has 1 amide bonds. The Labute approximate surface area is 185 Å². The number of amides is 1. The molecule has 1 saturated heterocycles. The maximum absolute atomic E-state index is 14.8. The normalized spacial score (nSPS) is 22.8. The van der Waals surface area contributed by atoms with Crippen LogP contribution >= 0.6 is 0 Å². The zero-order chi connectivity index (χ0) is 22.9. The fraction of sp³-hybridized carbons (Fsp3) is 0.522. The van der Waals surface area contributed by atoms with Crippen LogP contribution in [0.5, 0.6) is 5.75 Å². The second-order valence-electron chi connectivity index (χ2n) is 9.05. The van der Waals surface area contributed by atoms with Gasteiger partial charge < -0.3 is 15.5 Å². The highest BCUT2D eigenvalue weighted by molar-refractivity contribution is 5.84. The van der Waals surface area contributed by atoms with Gasteiger partial charge in [-0.15, -0.1) is 0 Å². The van der Waals surface area contributed by atoms with E-state index in [0.717, 1.165) is 0 Å². The molecule has 3 heterocycles. The van der Waals surface area contributed by atoms with Gasteiger partial charge in [-0.3, -0.25) is 19.5 Å². The van der Waals surface area contributed by atoms with Crippen LogP contribution in [0.2, 0.25) is 0 Å². The summed E-state index contributed by atoms with van der Waals surface area (Å²) in [6, 6.07) is 6.22. The summed E-state index contributed by atoms with van der Waals surface area (Å²) in [5.41, 5.74) is 5.17. The summed E-state index contributed by atoms with van der Waals surface area (Å²) in [6.07, 6.45) is 5.09. The number of carbonyl (C=O) groups excluding carboxylic acids is 1. The van der Waals surface area contributed by atoms with Gasteiger partial charge in [0.2, 0.25) is 11.5 Å². The molecule has 2 unspecified atom stereocenters. The Kier molecular flexibility index (Phi) is 6.03. The van der Waals surface area contributed by atoms with Crippen molar-refractivity contribution < 1.29 is 18.3 Å². The van der Waals surface area contributed by atoms with Gasteiger partial charge in [0, 0.05) is 43.9 Å². The molecule has 1 aliphatic heterocycles. The average molecular weight is 446 g/mol. The first-order valence-electron chi connectivity index (χ1n) is 10.9. The van der Waals surface area contributed by atoms with Crippen LogP contribution in [0.15, 0.2) is 41.5 Å². The monoisotopic (exact) mass is 446 g/mol. The van der Waals surface area contributed by atoms with E-state index in [1.807, 2.05) is 0 Å². The van der Waals surface area contributed by atoms with E-state index in [0.29, 0.717) is 29.5 Å². The number of carbonyl (C=O) groups is 1. The molecule has 32 heavy (non-hydrogen) atoms. The van der Waals surface area contributed by atoms with Gasteiger partial charge in [0.05, 0.1) is 18.7 Å². The molecular formula is C23H28F2N4O3. The third kappa shape index (κ3) is 4.82. The van der Waals surface area contributed by atoms with E-state index < -0.39 is 29.7 Å². The number of pyridine rings is 2. The van der Waals surface area contributed by atoms with Gasteiger partial charge in [-0.25, -0.2) is 8.78 Å². The Morgan fingerprint density at radius 3 is 2.72 bits per heavy atom. The molecule has 2 aromatic rings. The van der Waals surface area contributed by atoms with E-state index in [4.69, 9.17) is 10.5 Å². The number of alkyl halides is 2. The van der Waals surface area contributed by atoms with E-state index in [1.165, 1.54) is 31.2 Å². The van der Waals surface area contributed by atoms with E-state index in [2.05, 4.69) is 9.97 Å². The lowest BCUT2D eigenvalue weighted by molar-refractivity contribution is -0.137. The Bertz CT molecular complexity index is 1000. The highest BCUT2D eigenvalue weighted by Crippen LogP contribution is 2.42. The minimum atomic E-state index is -2.97. The summed E-state index contributed by atoms with van der Waals surface area (Å²) in [5.74, 6) is -3.44. The number of nitrogens with two attached hydrogens (primary N) is 1. The molecule has 0 radical (unpaired) electrons. The summed E-state index contributed by atoms with van der Waals surface area (Å²) >= 11 is 0. The van der Waals surface area contributed by atoms with Gasteiger partial charge in [0.1, 0.15) is 11.3 Å². The number of aromatic amines is 1. The number of nitrogens with one attached hydrogen (secondary N) is 1. The van der Waals surface area contributed by atoms with E-state index in [1.54, 1.807) is 30.2 Å². The van der Waals surface area contributed by atoms with Crippen LogP contribution in [-0.4, -0.2) is 51.9 Å². The van der Waals surface area contributed by atoms with Gasteiger partial charge in [-0.1, -0.05) is 6.07 Å². The number of hydrogen-bond donors (Lipinski definition) is 2. The van der Waals surface area contributed by atoms with E-state index in [9.17, 15) is 18.4 Å². The molecule has 2 aromatic heterocycles. The van der Waals surface area contributed by atoms with Crippen molar-refractivity contribution in [2.24, 2.45) is 11.7 Å². The molecule has 1 aliphatic carbocycles. The topological polar surface area (TPSA) is 101 Å². The Morgan fingerprint density at radius 1 is 1.34 bits per heavy atom. The lowest BCUT2D eigenvalue weighted by atomic mass is 9.83. The third-order valence-electron chi connectivity index (χ3n) is 6.57. The first kappa shape index (κ1) is 22.4. The number of hydrogen-bond acceptors (Lipinski definition) is 5. The Hall–Kier alpha value is -2.81. The predicted molar refractivity (Wildman–Crippen MR) is 115 cm³/mol. The van der Waals surface area contributed by atoms with Crippen molar-refractivity contribution in [3.8, 4) is 5.75 Å².